The van der Waals surface area contributed by atoms with Gasteiger partial charge in [-0.2, -0.15) is 23.1 Å². The number of aromatic nitrogens is 2. The maximum atomic E-state index is 13.9. The average Bonchev–Trinajstić information content (AvgIpc) is 3.39. The molecule has 2 aromatic rings. The topological polar surface area (TPSA) is 116 Å². The minimum atomic E-state index is -4.61. The van der Waals surface area contributed by atoms with Gasteiger partial charge in [-0.15, -0.1) is 0 Å². The lowest BCUT2D eigenvalue weighted by atomic mass is 9.87. The number of likely N-dealkylation sites (tertiary alicyclic amines) is 1. The van der Waals surface area contributed by atoms with Gasteiger partial charge in [-0.3, -0.25) is 4.79 Å². The Morgan fingerprint density at radius 2 is 1.92 bits per heavy atom. The first kappa shape index (κ1) is 27.4. The van der Waals surface area contributed by atoms with Crippen LogP contribution in [0.4, 0.5) is 13.2 Å². The first-order valence-corrected chi connectivity index (χ1v) is 13.7. The van der Waals surface area contributed by atoms with Crippen LogP contribution in [-0.2, 0) is 15.7 Å². The summed E-state index contributed by atoms with van der Waals surface area (Å²) in [6.45, 7) is 0.644. The Morgan fingerprint density at radius 3 is 2.67 bits per heavy atom. The van der Waals surface area contributed by atoms with Crippen molar-refractivity contribution in [3.05, 3.63) is 29.7 Å². The standard InChI is InChI=1S/C27H34F3N5O4/c28-27(29,30)20-15-18(8-11-22(20)37-14-12-17-5-2-1-3-6-17)24-33-25(39-34-24)21-7-4-13-35(21)26(31)32-23(36)16-38-19-9-10-19/h8,11,15,17,19,21H,1-7,9-10,12-14,16H2,(H2,31,32,36)/t21-/m0/s1. The second-order valence-electron chi connectivity index (χ2n) is 10.5. The van der Waals surface area contributed by atoms with Crippen LogP contribution in [0.25, 0.3) is 11.4 Å². The van der Waals surface area contributed by atoms with E-state index in [0.29, 0.717) is 18.9 Å². The molecular weight excluding hydrogens is 515 g/mol. The number of nitrogens with two attached hydrogens (primary N) is 1. The Kier molecular flexibility index (Phi) is 8.39. The van der Waals surface area contributed by atoms with Gasteiger partial charge in [0.05, 0.1) is 18.3 Å². The number of benzene rings is 1. The number of amides is 1. The van der Waals surface area contributed by atoms with Crippen LogP contribution in [-0.4, -0.2) is 52.8 Å². The summed E-state index contributed by atoms with van der Waals surface area (Å²) in [5.74, 6) is 0.0811. The summed E-state index contributed by atoms with van der Waals surface area (Å²) in [6, 6.07) is 3.37. The first-order valence-electron chi connectivity index (χ1n) is 13.7. The summed E-state index contributed by atoms with van der Waals surface area (Å²) in [5.41, 5.74) is 5.38. The van der Waals surface area contributed by atoms with E-state index in [1.54, 1.807) is 4.90 Å². The lowest BCUT2D eigenvalue weighted by Crippen LogP contribution is -2.38. The molecule has 1 aliphatic heterocycles. The third kappa shape index (κ3) is 7.09. The van der Waals surface area contributed by atoms with Gasteiger partial charge in [0.2, 0.25) is 11.7 Å². The summed E-state index contributed by atoms with van der Waals surface area (Å²) < 4.78 is 58.1. The van der Waals surface area contributed by atoms with E-state index in [9.17, 15) is 18.0 Å². The highest BCUT2D eigenvalue weighted by Crippen LogP contribution is 2.39. The number of halogens is 3. The Balaban J connectivity index is 1.27. The molecule has 2 N–H and O–H groups in total. The van der Waals surface area contributed by atoms with Crippen LogP contribution in [0.1, 0.15) is 81.7 Å². The van der Waals surface area contributed by atoms with Gasteiger partial charge in [0.1, 0.15) is 18.4 Å². The highest BCUT2D eigenvalue weighted by Gasteiger charge is 2.36. The van der Waals surface area contributed by atoms with Crippen molar-refractivity contribution in [2.24, 2.45) is 16.6 Å². The average molecular weight is 550 g/mol. The van der Waals surface area contributed by atoms with E-state index in [1.165, 1.54) is 31.4 Å². The highest BCUT2D eigenvalue weighted by atomic mass is 19.4. The Bertz CT molecular complexity index is 1170. The van der Waals surface area contributed by atoms with Crippen LogP contribution >= 0.6 is 0 Å². The fraction of sp³-hybridized carbons (Fsp3) is 0.630. The molecule has 0 radical (unpaired) electrons. The van der Waals surface area contributed by atoms with Crippen LogP contribution in [0.2, 0.25) is 0 Å². The lowest BCUT2D eigenvalue weighted by Gasteiger charge is -2.22. The summed E-state index contributed by atoms with van der Waals surface area (Å²) in [7, 11) is 0. The predicted molar refractivity (Wildman–Crippen MR) is 136 cm³/mol. The van der Waals surface area contributed by atoms with Gasteiger partial charge in [0, 0.05) is 12.1 Å². The van der Waals surface area contributed by atoms with Crippen LogP contribution in [0.3, 0.4) is 0 Å². The fourth-order valence-corrected chi connectivity index (χ4v) is 5.26. The number of nitrogens with zero attached hydrogens (tertiary/aromatic N) is 4. The number of hydrogen-bond donors (Lipinski definition) is 1. The molecule has 2 aliphatic carbocycles. The van der Waals surface area contributed by atoms with Crippen molar-refractivity contribution in [3.8, 4) is 17.1 Å². The number of ether oxygens (including phenoxy) is 2. The molecule has 0 unspecified atom stereocenters. The van der Waals surface area contributed by atoms with Gasteiger partial charge in [-0.25, -0.2) is 0 Å². The Hall–Kier alpha value is -3.15. The van der Waals surface area contributed by atoms with Crippen molar-refractivity contribution in [3.63, 3.8) is 0 Å². The molecular formula is C27H34F3N5O4. The van der Waals surface area contributed by atoms with Crippen LogP contribution < -0.4 is 10.5 Å². The Morgan fingerprint density at radius 1 is 1.13 bits per heavy atom. The smallest absolute Gasteiger partial charge is 0.419 e. The quantitative estimate of drug-likeness (QED) is 0.333. The molecule has 1 saturated heterocycles. The van der Waals surface area contributed by atoms with Gasteiger partial charge in [0.15, 0.2) is 5.96 Å². The predicted octanol–water partition coefficient (Wildman–Crippen LogP) is 5.26. The van der Waals surface area contributed by atoms with E-state index in [0.717, 1.165) is 44.6 Å². The molecule has 3 aliphatic rings. The van der Waals surface area contributed by atoms with Gasteiger partial charge < -0.3 is 24.6 Å². The molecule has 5 rings (SSSR count). The molecule has 0 bridgehead atoms. The van der Waals surface area contributed by atoms with Crippen LogP contribution in [0.5, 0.6) is 5.75 Å². The zero-order chi connectivity index (χ0) is 27.4. The molecule has 1 atom stereocenters. The summed E-state index contributed by atoms with van der Waals surface area (Å²) in [4.78, 5) is 22.1. The minimum Gasteiger partial charge on any atom is -0.493 e. The Labute approximate surface area is 224 Å². The van der Waals surface area contributed by atoms with Crippen molar-refractivity contribution >= 4 is 11.9 Å². The molecule has 0 spiro atoms. The minimum absolute atomic E-state index is 0.0238. The third-order valence-electron chi connectivity index (χ3n) is 7.53. The SMILES string of the molecule is NC(=NC(=O)COC1CC1)N1CCC[C@H]1c1nc(-c2ccc(OCCC3CCCCC3)c(C(F)(F)F)c2)no1. The number of hydrogen-bond acceptors (Lipinski definition) is 6. The molecule has 1 amide bonds. The first-order chi connectivity index (χ1) is 18.8. The van der Waals surface area contributed by atoms with Crippen molar-refractivity contribution in [1.82, 2.24) is 15.0 Å². The van der Waals surface area contributed by atoms with Crippen LogP contribution in [0, 0.1) is 5.92 Å². The van der Waals surface area contributed by atoms with Crippen molar-refractivity contribution < 1.29 is 32.0 Å². The summed E-state index contributed by atoms with van der Waals surface area (Å²) in [6.07, 6.45) is 5.31. The second kappa shape index (κ2) is 11.9. The number of aliphatic imine (C=N–C) groups is 1. The van der Waals surface area contributed by atoms with Crippen molar-refractivity contribution in [2.75, 3.05) is 19.8 Å². The molecule has 2 saturated carbocycles. The van der Waals surface area contributed by atoms with Gasteiger partial charge in [-0.1, -0.05) is 37.3 Å². The van der Waals surface area contributed by atoms with Crippen molar-refractivity contribution in [1.29, 1.82) is 0 Å². The zero-order valence-corrected chi connectivity index (χ0v) is 21.8. The number of carbonyl (C=O) groups excluding carboxylic acids is 1. The number of guanidine groups is 1. The fourth-order valence-electron chi connectivity index (χ4n) is 5.26. The number of rotatable bonds is 9. The number of carbonyl (C=O) groups is 1. The normalized spacial score (nSPS) is 20.9. The van der Waals surface area contributed by atoms with E-state index in [4.69, 9.17) is 19.7 Å². The zero-order valence-electron chi connectivity index (χ0n) is 21.8. The van der Waals surface area contributed by atoms with Gasteiger partial charge >= 0.3 is 6.18 Å². The molecule has 39 heavy (non-hydrogen) atoms. The third-order valence-corrected chi connectivity index (χ3v) is 7.53. The maximum absolute atomic E-state index is 13.9. The monoisotopic (exact) mass is 549 g/mol. The highest BCUT2D eigenvalue weighted by molar-refractivity contribution is 5.93. The molecule has 3 fully saturated rings. The van der Waals surface area contributed by atoms with Crippen molar-refractivity contribution in [2.45, 2.75) is 82.5 Å². The number of alkyl halides is 3. The molecule has 12 heteroatoms. The van der Waals surface area contributed by atoms with Gasteiger partial charge in [0.25, 0.3) is 5.91 Å². The molecule has 1 aromatic heterocycles. The van der Waals surface area contributed by atoms with E-state index >= 15 is 0 Å². The van der Waals surface area contributed by atoms with E-state index in [2.05, 4.69) is 15.1 Å². The van der Waals surface area contributed by atoms with E-state index in [-0.39, 0.29) is 48.3 Å². The van der Waals surface area contributed by atoms with E-state index in [1.807, 2.05) is 0 Å². The maximum Gasteiger partial charge on any atom is 0.419 e. The molecule has 2 heterocycles. The van der Waals surface area contributed by atoms with Crippen LogP contribution in [0.15, 0.2) is 27.7 Å². The van der Waals surface area contributed by atoms with Gasteiger partial charge in [-0.05, 0) is 56.2 Å². The van der Waals surface area contributed by atoms with E-state index < -0.39 is 23.7 Å². The summed E-state index contributed by atoms with van der Waals surface area (Å²) >= 11 is 0. The lowest BCUT2D eigenvalue weighted by molar-refractivity contribution is -0.139. The molecule has 9 nitrogen and oxygen atoms in total. The molecule has 1 aromatic carbocycles. The summed E-state index contributed by atoms with van der Waals surface area (Å²) in [5, 5.41) is 3.93. The molecule has 212 valence electrons. The second-order valence-corrected chi connectivity index (χ2v) is 10.5. The largest absolute Gasteiger partial charge is 0.493 e.